The number of H-pyrrole nitrogens is 1. The van der Waals surface area contributed by atoms with Crippen LogP contribution in [0.4, 0.5) is 0 Å². The smallest absolute Gasteiger partial charge is 0.387 e. The number of aryl methyl sites for hydroxylation is 1. The molecule has 0 aromatic carbocycles. The first-order valence-corrected chi connectivity index (χ1v) is 12.9. The molecule has 0 bridgehead atoms. The van der Waals surface area contributed by atoms with Gasteiger partial charge in [0.2, 0.25) is 0 Å². The Morgan fingerprint density at radius 3 is 2.22 bits per heavy atom. The molecule has 176 valence electrons. The van der Waals surface area contributed by atoms with Crippen molar-refractivity contribution >= 4 is 51.4 Å². The van der Waals surface area contributed by atoms with Gasteiger partial charge in [-0.25, -0.2) is 18.5 Å². The zero-order chi connectivity index (χ0) is 24.9. The maximum absolute atomic E-state index is 12.1. The summed E-state index contributed by atoms with van der Waals surface area (Å²) in [7, 11) is -6.34. The highest BCUT2D eigenvalue weighted by atomic mass is 32.1. The predicted octanol–water partition coefficient (Wildman–Crippen LogP) is -1.83. The summed E-state index contributed by atoms with van der Waals surface area (Å²) in [6.07, 6.45) is -6.47. The lowest BCUT2D eigenvalue weighted by Crippen LogP contribution is -2.51. The first-order valence-electron chi connectivity index (χ1n) is 8.01. The highest BCUT2D eigenvalue weighted by molar-refractivity contribution is 7.71. The first kappa shape index (κ1) is 27.8. The lowest BCUT2D eigenvalue weighted by Gasteiger charge is -2.35. The van der Waals surface area contributed by atoms with Crippen LogP contribution in [0.25, 0.3) is 0 Å². The maximum atomic E-state index is 12.1. The minimum atomic E-state index is -5.88. The molecule has 0 aliphatic carbocycles. The van der Waals surface area contributed by atoms with Crippen LogP contribution in [0.1, 0.15) is 11.8 Å². The maximum Gasteiger partial charge on any atom is 0.490 e. The molecule has 2 rings (SSSR count). The van der Waals surface area contributed by atoms with Gasteiger partial charge in [0.25, 0.3) is 0 Å². The van der Waals surface area contributed by atoms with E-state index >= 15 is 0 Å². The number of nitrogens with zero attached hydrogens (tertiary/aromatic N) is 1. The molecular weight excluding hydrogens is 519 g/mol. The second-order valence-electron chi connectivity index (χ2n) is 6.44. The van der Waals surface area contributed by atoms with Gasteiger partial charge in [-0.2, -0.15) is 8.62 Å². The lowest BCUT2D eigenvalue weighted by molar-refractivity contribution is -0.0748. The van der Waals surface area contributed by atoms with Crippen molar-refractivity contribution < 1.29 is 61.4 Å². The highest BCUT2D eigenvalue weighted by Gasteiger charge is 2.53. The van der Waals surface area contributed by atoms with E-state index in [1.54, 1.807) is 0 Å². The minimum Gasteiger partial charge on any atom is -0.387 e. The summed E-state index contributed by atoms with van der Waals surface area (Å²) < 4.78 is 51.5. The van der Waals surface area contributed by atoms with Gasteiger partial charge >= 0.3 is 29.2 Å². The molecule has 2 heterocycles. The molecule has 1 aromatic rings. The fourth-order valence-corrected chi connectivity index (χ4v) is 5.87. The van der Waals surface area contributed by atoms with Gasteiger partial charge in [-0.1, -0.05) is 12.2 Å². The van der Waals surface area contributed by atoms with Crippen molar-refractivity contribution in [3.8, 4) is 0 Å². The molecule has 1 saturated heterocycles. The average Bonchev–Trinajstić information content (AvgIpc) is 2.82. The van der Waals surface area contributed by atoms with E-state index in [4.69, 9.17) is 47.3 Å². The van der Waals surface area contributed by atoms with Gasteiger partial charge in [0, 0.05) is 17.2 Å². The number of phosphoric ester groups is 1. The summed E-state index contributed by atoms with van der Waals surface area (Å²) in [5.41, 5.74) is -0.501. The predicted molar refractivity (Wildman–Crippen MR) is 106 cm³/mol. The summed E-state index contributed by atoms with van der Waals surface area (Å²) >= 11 is 4.89. The Hall–Kier alpha value is -0.480. The van der Waals surface area contributed by atoms with Crippen molar-refractivity contribution in [3.63, 3.8) is 0 Å². The Morgan fingerprint density at radius 2 is 1.69 bits per heavy atom. The molecule has 0 saturated carbocycles. The molecule has 16 nitrogen and oxygen atoms in total. The van der Waals surface area contributed by atoms with Crippen LogP contribution < -0.4 is 5.69 Å². The van der Waals surface area contributed by atoms with Crippen molar-refractivity contribution in [1.29, 1.82) is 0 Å². The number of phosphoric acid groups is 3. The molecule has 4 unspecified atom stereocenters. The molecule has 0 amide bonds. The van der Waals surface area contributed by atoms with Crippen LogP contribution in [0, 0.1) is 11.6 Å². The van der Waals surface area contributed by atoms with Crippen LogP contribution in [0.3, 0.4) is 0 Å². The van der Waals surface area contributed by atoms with E-state index in [9.17, 15) is 33.6 Å². The topological polar surface area (TPSA) is 247 Å². The summed E-state index contributed by atoms with van der Waals surface area (Å²) in [5.74, 6) is 0. The molecule has 4 radical (unpaired) electrons. The van der Waals surface area contributed by atoms with Crippen molar-refractivity contribution in [2.45, 2.75) is 36.9 Å². The van der Waals surface area contributed by atoms with Crippen LogP contribution in [0.2, 0.25) is 0 Å². The number of aliphatic hydroxyl groups excluding tert-OH is 2. The number of aromatic amines is 1. The zero-order valence-corrected chi connectivity index (χ0v) is 19.2. The van der Waals surface area contributed by atoms with Crippen LogP contribution >= 0.6 is 35.7 Å². The molecule has 1 aliphatic heterocycles. The first-order chi connectivity index (χ1) is 14.2. The monoisotopic (exact) mass is 534 g/mol. The third-order valence-corrected chi connectivity index (χ3v) is 8.09. The summed E-state index contributed by atoms with van der Waals surface area (Å²) in [6, 6.07) is 0. The summed E-state index contributed by atoms with van der Waals surface area (Å²) in [4.78, 5) is 50.2. The van der Waals surface area contributed by atoms with Gasteiger partial charge in [0.1, 0.15) is 38.6 Å². The zero-order valence-electron chi connectivity index (χ0n) is 15.7. The van der Waals surface area contributed by atoms with Crippen molar-refractivity contribution in [1.82, 2.24) is 9.55 Å². The molecule has 1 aromatic heterocycles. The third kappa shape index (κ3) is 6.78. The van der Waals surface area contributed by atoms with Crippen molar-refractivity contribution in [2.75, 3.05) is 0 Å². The van der Waals surface area contributed by atoms with E-state index in [2.05, 4.69) is 18.1 Å². The lowest BCUT2D eigenvalue weighted by atomic mass is 9.61. The Balaban J connectivity index is 2.27. The number of aliphatic hydroxyl groups is 2. The Morgan fingerprint density at radius 1 is 1.12 bits per heavy atom. The number of hydrogen-bond acceptors (Lipinski definition) is 11. The Bertz CT molecular complexity index is 1130. The molecule has 32 heavy (non-hydrogen) atoms. The second kappa shape index (κ2) is 9.28. The quantitative estimate of drug-likeness (QED) is 0.110. The van der Waals surface area contributed by atoms with Gasteiger partial charge in [-0.15, -0.1) is 0 Å². The van der Waals surface area contributed by atoms with E-state index in [0.717, 1.165) is 4.57 Å². The summed E-state index contributed by atoms with van der Waals surface area (Å²) in [6.45, 7) is 1.51. The fraction of sp³-hybridized carbons (Fsp3) is 0.600. The average molecular weight is 534 g/mol. The van der Waals surface area contributed by atoms with E-state index < -0.39 is 59.1 Å². The number of aromatic nitrogens is 2. The molecular formula is C10H15B2N2O14P3S. The number of nitrogens with one attached hydrogen (secondary N) is 1. The molecule has 22 heteroatoms. The Labute approximate surface area is 186 Å². The normalized spacial score (nSPS) is 28.2. The van der Waals surface area contributed by atoms with Gasteiger partial charge in [-0.05, 0) is 6.92 Å². The van der Waals surface area contributed by atoms with E-state index in [1.165, 1.54) is 13.1 Å². The number of hydrogen-bond donors (Lipinski definition) is 7. The van der Waals surface area contributed by atoms with Gasteiger partial charge in [0.15, 0.2) is 6.23 Å². The van der Waals surface area contributed by atoms with Gasteiger partial charge < -0.3 is 34.5 Å². The van der Waals surface area contributed by atoms with Crippen LogP contribution in [-0.4, -0.2) is 78.7 Å². The molecule has 1 aliphatic rings. The van der Waals surface area contributed by atoms with Gasteiger partial charge in [-0.3, -0.25) is 14.1 Å². The van der Waals surface area contributed by atoms with Gasteiger partial charge in [0.05, 0.1) is 0 Å². The fourth-order valence-electron chi connectivity index (χ4n) is 2.59. The van der Waals surface area contributed by atoms with E-state index in [0.29, 0.717) is 5.56 Å². The van der Waals surface area contributed by atoms with Crippen molar-refractivity contribution in [3.05, 3.63) is 26.9 Å². The van der Waals surface area contributed by atoms with Crippen LogP contribution in [0.15, 0.2) is 11.0 Å². The SMILES string of the molecule is [B]C([B])(OP(=O)(O)OP(=O)(O)OP(=O)(O)O)C1O[C@H](n2cc(C)c(=S)[nH]c2=O)C(O)[C@@H]1O. The Kier molecular flexibility index (Phi) is 8.06. The number of ether oxygens (including phenoxy) is 1. The van der Waals surface area contributed by atoms with Crippen molar-refractivity contribution in [2.24, 2.45) is 0 Å². The third-order valence-electron chi connectivity index (χ3n) is 3.79. The van der Waals surface area contributed by atoms with Crippen LogP contribution in [-0.2, 0) is 31.6 Å². The molecule has 7 N–H and O–H groups in total. The van der Waals surface area contributed by atoms with E-state index in [1.807, 2.05) is 0 Å². The molecule has 6 atom stereocenters. The summed E-state index contributed by atoms with van der Waals surface area (Å²) in [5, 5.41) is 17.4. The molecule has 1 fully saturated rings. The second-order valence-corrected chi connectivity index (χ2v) is 11.2. The standard InChI is InChI=1S/C10H15B2N2O14P3S/c1-3-2-14(9(17)13-7(3)32)8-5(16)4(15)6(25-8)10(11,12)26-30(21,22)28-31(23,24)27-29(18,19)20/h2,4-6,8,15-16H,1H3,(H,21,22)(H,23,24)(H,13,17,32)(H2,18,19,20)/t4-,5?,6?,8-/m0/s1. The minimum absolute atomic E-state index is 0.0792. The van der Waals surface area contributed by atoms with Crippen LogP contribution in [0.5, 0.6) is 0 Å². The largest absolute Gasteiger partial charge is 0.490 e. The van der Waals surface area contributed by atoms with E-state index in [-0.39, 0.29) is 4.64 Å². The number of rotatable bonds is 8. The molecule has 0 spiro atoms. The highest BCUT2D eigenvalue weighted by Crippen LogP contribution is 2.67.